The molecule has 2 aromatic carbocycles. The molecule has 6 heteroatoms. The minimum atomic E-state index is -1.16. The molecule has 1 aliphatic heterocycles. The summed E-state index contributed by atoms with van der Waals surface area (Å²) < 4.78 is 0. The minimum Gasteiger partial charge on any atom is -0.550 e. The van der Waals surface area contributed by atoms with Gasteiger partial charge in [-0.1, -0.05) is 24.3 Å². The first kappa shape index (κ1) is 21.0. The topological polar surface area (TPSA) is 75.7 Å². The van der Waals surface area contributed by atoms with Crippen LogP contribution in [-0.4, -0.2) is 38.1 Å². The molecule has 1 amide bonds. The lowest BCUT2D eigenvalue weighted by Gasteiger charge is -2.37. The van der Waals surface area contributed by atoms with Crippen LogP contribution in [0.3, 0.4) is 0 Å². The highest BCUT2D eigenvalue weighted by Gasteiger charge is 2.29. The zero-order valence-corrected chi connectivity index (χ0v) is 17.8. The van der Waals surface area contributed by atoms with E-state index < -0.39 is 17.8 Å². The summed E-state index contributed by atoms with van der Waals surface area (Å²) in [5.74, 6) is -2.79. The fraction of sp³-hybridized carbons (Fsp3) is 0.360. The van der Waals surface area contributed by atoms with Gasteiger partial charge in [-0.3, -0.25) is 4.79 Å². The van der Waals surface area contributed by atoms with E-state index in [2.05, 4.69) is 46.3 Å². The maximum Gasteiger partial charge on any atom is 0.228 e. The number of piperazine rings is 1. The van der Waals surface area contributed by atoms with Gasteiger partial charge in [0.15, 0.2) is 0 Å². The molecular formula is C25H28N3O3-. The van der Waals surface area contributed by atoms with Gasteiger partial charge in [-0.25, -0.2) is 0 Å². The van der Waals surface area contributed by atoms with E-state index in [1.54, 1.807) is 6.08 Å². The fourth-order valence-corrected chi connectivity index (χ4v) is 4.40. The van der Waals surface area contributed by atoms with E-state index in [-0.39, 0.29) is 5.91 Å². The van der Waals surface area contributed by atoms with Crippen molar-refractivity contribution in [1.82, 2.24) is 0 Å². The maximum atomic E-state index is 12.6. The normalized spacial score (nSPS) is 21.1. The number of amides is 1. The highest BCUT2D eigenvalue weighted by molar-refractivity contribution is 5.95. The molecule has 6 nitrogen and oxygen atoms in total. The van der Waals surface area contributed by atoms with E-state index in [1.807, 2.05) is 30.3 Å². The van der Waals surface area contributed by atoms with E-state index in [9.17, 15) is 14.7 Å². The zero-order chi connectivity index (χ0) is 21.8. The number of nitrogens with one attached hydrogen (secondary N) is 1. The van der Waals surface area contributed by atoms with Crippen molar-refractivity contribution in [3.63, 3.8) is 0 Å². The number of hydrogen-bond donors (Lipinski definition) is 1. The van der Waals surface area contributed by atoms with E-state index in [1.165, 1.54) is 11.3 Å². The Bertz CT molecular complexity index is 962. The number of aliphatic carboxylic acids is 1. The van der Waals surface area contributed by atoms with Crippen molar-refractivity contribution in [3.05, 3.63) is 66.2 Å². The number of carboxylic acids is 1. The number of nitrogens with zero attached hydrogens (tertiary/aromatic N) is 2. The number of carbonyl (C=O) groups is 2. The summed E-state index contributed by atoms with van der Waals surface area (Å²) >= 11 is 0. The number of hydrogen-bond acceptors (Lipinski definition) is 5. The summed E-state index contributed by atoms with van der Waals surface area (Å²) in [6.07, 6.45) is 4.43. The van der Waals surface area contributed by atoms with Gasteiger partial charge >= 0.3 is 0 Å². The van der Waals surface area contributed by atoms with Gasteiger partial charge < -0.3 is 25.0 Å². The molecule has 1 N–H and O–H groups in total. The van der Waals surface area contributed by atoms with Gasteiger partial charge in [-0.2, -0.15) is 0 Å². The van der Waals surface area contributed by atoms with Gasteiger partial charge in [0.25, 0.3) is 0 Å². The lowest BCUT2D eigenvalue weighted by molar-refractivity contribution is -0.313. The van der Waals surface area contributed by atoms with Crippen molar-refractivity contribution in [3.8, 4) is 0 Å². The number of anilines is 3. The van der Waals surface area contributed by atoms with Crippen molar-refractivity contribution < 1.29 is 14.7 Å². The van der Waals surface area contributed by atoms with Gasteiger partial charge in [-0.05, 0) is 61.7 Å². The third kappa shape index (κ3) is 4.90. The molecule has 1 aliphatic carbocycles. The fourth-order valence-electron chi connectivity index (χ4n) is 4.40. The van der Waals surface area contributed by atoms with Crippen LogP contribution in [0.1, 0.15) is 18.4 Å². The highest BCUT2D eigenvalue weighted by Crippen LogP contribution is 2.27. The Hall–Kier alpha value is -3.28. The third-order valence-corrected chi connectivity index (χ3v) is 6.22. The summed E-state index contributed by atoms with van der Waals surface area (Å²) in [6.45, 7) is 5.90. The van der Waals surface area contributed by atoms with Crippen LogP contribution in [0.4, 0.5) is 17.1 Å². The van der Waals surface area contributed by atoms with Crippen molar-refractivity contribution in [2.45, 2.75) is 19.8 Å². The summed E-state index contributed by atoms with van der Waals surface area (Å²) in [6, 6.07) is 16.4. The SMILES string of the molecule is Cc1cccc(N2CCN(c3ccc(NC(=O)[C@H]4CC=CC[C@H]4C(=O)[O-])cc3)CC2)c1. The number of aryl methyl sites for hydroxylation is 1. The zero-order valence-electron chi connectivity index (χ0n) is 17.8. The maximum absolute atomic E-state index is 12.6. The van der Waals surface area contributed by atoms with Crippen LogP contribution in [0.5, 0.6) is 0 Å². The summed E-state index contributed by atoms with van der Waals surface area (Å²) in [5.41, 5.74) is 4.34. The molecule has 0 unspecified atom stereocenters. The van der Waals surface area contributed by atoms with Crippen LogP contribution >= 0.6 is 0 Å². The Morgan fingerprint density at radius 1 is 0.871 bits per heavy atom. The molecule has 0 aromatic heterocycles. The molecule has 162 valence electrons. The molecule has 0 radical (unpaired) electrons. The number of carboxylic acid groups (broad SMARTS) is 1. The Kier molecular flexibility index (Phi) is 6.26. The van der Waals surface area contributed by atoms with E-state index >= 15 is 0 Å². The summed E-state index contributed by atoms with van der Waals surface area (Å²) in [4.78, 5) is 28.7. The molecule has 1 fully saturated rings. The Morgan fingerprint density at radius 2 is 1.48 bits per heavy atom. The number of allylic oxidation sites excluding steroid dienone is 2. The number of carbonyl (C=O) groups excluding carboxylic acids is 2. The van der Waals surface area contributed by atoms with Crippen LogP contribution in [0, 0.1) is 18.8 Å². The quantitative estimate of drug-likeness (QED) is 0.756. The van der Waals surface area contributed by atoms with Crippen molar-refractivity contribution in [2.24, 2.45) is 11.8 Å². The first-order valence-corrected chi connectivity index (χ1v) is 10.8. The van der Waals surface area contributed by atoms with E-state index in [4.69, 9.17) is 0 Å². The van der Waals surface area contributed by atoms with Gasteiger partial charge in [0.05, 0.1) is 5.92 Å². The Balaban J connectivity index is 1.34. The minimum absolute atomic E-state index is 0.266. The second-order valence-corrected chi connectivity index (χ2v) is 8.32. The average molecular weight is 419 g/mol. The molecule has 0 bridgehead atoms. The highest BCUT2D eigenvalue weighted by atomic mass is 16.4. The van der Waals surface area contributed by atoms with E-state index in [0.717, 1.165) is 31.9 Å². The molecule has 2 aliphatic rings. The molecular weight excluding hydrogens is 390 g/mol. The first-order chi connectivity index (χ1) is 15.0. The van der Waals surface area contributed by atoms with Crippen LogP contribution in [0.15, 0.2) is 60.7 Å². The average Bonchev–Trinajstić information content (AvgIpc) is 2.79. The van der Waals surface area contributed by atoms with Crippen LogP contribution in [0.2, 0.25) is 0 Å². The number of rotatable bonds is 5. The predicted octanol–water partition coefficient (Wildman–Crippen LogP) is 2.59. The second-order valence-electron chi connectivity index (χ2n) is 8.32. The van der Waals surface area contributed by atoms with E-state index in [0.29, 0.717) is 18.5 Å². The van der Waals surface area contributed by atoms with Gasteiger partial charge in [0.2, 0.25) is 5.91 Å². The van der Waals surface area contributed by atoms with Crippen molar-refractivity contribution in [2.75, 3.05) is 41.3 Å². The van der Waals surface area contributed by atoms with Crippen LogP contribution in [0.25, 0.3) is 0 Å². The lowest BCUT2D eigenvalue weighted by atomic mass is 9.82. The third-order valence-electron chi connectivity index (χ3n) is 6.22. The molecule has 4 rings (SSSR count). The monoisotopic (exact) mass is 418 g/mol. The van der Waals surface area contributed by atoms with Crippen LogP contribution < -0.4 is 20.2 Å². The molecule has 0 saturated carbocycles. The summed E-state index contributed by atoms with van der Waals surface area (Å²) in [5, 5.41) is 14.2. The molecule has 31 heavy (non-hydrogen) atoms. The van der Waals surface area contributed by atoms with Crippen LogP contribution in [-0.2, 0) is 9.59 Å². The first-order valence-electron chi connectivity index (χ1n) is 10.8. The van der Waals surface area contributed by atoms with Crippen molar-refractivity contribution in [1.29, 1.82) is 0 Å². The lowest BCUT2D eigenvalue weighted by Crippen LogP contribution is -2.46. The molecule has 1 saturated heterocycles. The van der Waals surface area contributed by atoms with Crippen molar-refractivity contribution >= 4 is 28.9 Å². The molecule has 2 aromatic rings. The summed E-state index contributed by atoms with van der Waals surface area (Å²) in [7, 11) is 0. The molecule has 2 atom stereocenters. The van der Waals surface area contributed by atoms with Gasteiger partial charge in [0.1, 0.15) is 0 Å². The standard InChI is InChI=1S/C25H29N3O3/c1-18-5-4-6-21(17-18)28-15-13-27(14-16-28)20-11-9-19(10-12-20)26-24(29)22-7-2-3-8-23(22)25(30)31/h2-6,9-12,17,22-23H,7-8,13-16H2,1H3,(H,26,29)(H,30,31)/p-1/t22-,23+/m0/s1. The van der Waals surface area contributed by atoms with Gasteiger partial charge in [0, 0.05) is 55.1 Å². The number of benzene rings is 2. The predicted molar refractivity (Wildman–Crippen MR) is 121 cm³/mol. The largest absolute Gasteiger partial charge is 0.550 e. The van der Waals surface area contributed by atoms with Gasteiger partial charge in [-0.15, -0.1) is 0 Å². The Labute approximate surface area is 183 Å². The smallest absolute Gasteiger partial charge is 0.228 e. The Morgan fingerprint density at radius 3 is 2.10 bits per heavy atom. The molecule has 1 heterocycles. The second kappa shape index (κ2) is 9.25. The molecule has 0 spiro atoms.